The SMILES string of the molecule is CSc1ccc(-c2ccccc2C=NN=C(N)SCc2ccccc2)cc1. The van der Waals surface area contributed by atoms with Gasteiger partial charge in [-0.3, -0.25) is 0 Å². The molecule has 0 amide bonds. The highest BCUT2D eigenvalue weighted by atomic mass is 32.2. The Hall–Kier alpha value is -2.50. The van der Waals surface area contributed by atoms with Crippen molar-refractivity contribution >= 4 is 34.9 Å². The van der Waals surface area contributed by atoms with Crippen LogP contribution < -0.4 is 5.73 Å². The van der Waals surface area contributed by atoms with Crippen molar-refractivity contribution in [1.29, 1.82) is 0 Å². The van der Waals surface area contributed by atoms with E-state index in [1.165, 1.54) is 22.2 Å². The van der Waals surface area contributed by atoms with Gasteiger partial charge < -0.3 is 5.73 Å². The van der Waals surface area contributed by atoms with E-state index < -0.39 is 0 Å². The molecule has 0 bridgehead atoms. The topological polar surface area (TPSA) is 50.7 Å². The second-order valence-corrected chi connectivity index (χ2v) is 7.65. The summed E-state index contributed by atoms with van der Waals surface area (Å²) in [5.74, 6) is 0.782. The monoisotopic (exact) mass is 391 g/mol. The molecule has 0 fully saturated rings. The van der Waals surface area contributed by atoms with Crippen LogP contribution in [0.1, 0.15) is 11.1 Å². The lowest BCUT2D eigenvalue weighted by molar-refractivity contribution is 1.25. The molecule has 3 rings (SSSR count). The normalized spacial score (nSPS) is 11.8. The predicted octanol–water partition coefficient (Wildman–Crippen LogP) is 5.66. The van der Waals surface area contributed by atoms with E-state index in [1.807, 2.05) is 36.4 Å². The fourth-order valence-electron chi connectivity index (χ4n) is 2.55. The Morgan fingerprint density at radius 2 is 1.63 bits per heavy atom. The van der Waals surface area contributed by atoms with Crippen molar-refractivity contribution < 1.29 is 0 Å². The van der Waals surface area contributed by atoms with Gasteiger partial charge in [-0.25, -0.2) is 0 Å². The lowest BCUT2D eigenvalue weighted by Gasteiger charge is -2.06. The van der Waals surface area contributed by atoms with E-state index in [0.717, 1.165) is 22.4 Å². The molecule has 0 spiro atoms. The largest absolute Gasteiger partial charge is 0.377 e. The third kappa shape index (κ3) is 5.74. The summed E-state index contributed by atoms with van der Waals surface area (Å²) in [5, 5.41) is 8.76. The number of hydrogen-bond acceptors (Lipinski definition) is 4. The van der Waals surface area contributed by atoms with Crippen molar-refractivity contribution in [2.45, 2.75) is 10.6 Å². The Bertz CT molecular complexity index is 920. The minimum Gasteiger partial charge on any atom is -0.377 e. The maximum Gasteiger partial charge on any atom is 0.180 e. The van der Waals surface area contributed by atoms with Crippen molar-refractivity contribution in [3.63, 3.8) is 0 Å². The maximum atomic E-state index is 5.96. The molecular formula is C22H21N3S2. The zero-order valence-corrected chi connectivity index (χ0v) is 16.7. The van der Waals surface area contributed by atoms with Crippen molar-refractivity contribution in [2.75, 3.05) is 6.26 Å². The Kier molecular flexibility index (Phi) is 7.13. The van der Waals surface area contributed by atoms with Gasteiger partial charge in [0.1, 0.15) is 0 Å². The van der Waals surface area contributed by atoms with E-state index in [9.17, 15) is 0 Å². The molecule has 0 unspecified atom stereocenters. The number of nitrogens with zero attached hydrogens (tertiary/aromatic N) is 2. The molecule has 3 aromatic carbocycles. The Morgan fingerprint density at radius 3 is 2.37 bits per heavy atom. The average molecular weight is 392 g/mol. The third-order valence-corrected chi connectivity index (χ3v) is 5.54. The summed E-state index contributed by atoms with van der Waals surface area (Å²) in [4.78, 5) is 1.25. The molecule has 0 aromatic heterocycles. The van der Waals surface area contributed by atoms with Crippen LogP contribution in [-0.2, 0) is 5.75 Å². The zero-order chi connectivity index (χ0) is 18.9. The van der Waals surface area contributed by atoms with Crippen LogP contribution in [0.25, 0.3) is 11.1 Å². The smallest absolute Gasteiger partial charge is 0.180 e. The zero-order valence-electron chi connectivity index (χ0n) is 15.1. The summed E-state index contributed by atoms with van der Waals surface area (Å²) in [7, 11) is 0. The Balaban J connectivity index is 1.69. The van der Waals surface area contributed by atoms with Gasteiger partial charge in [0.15, 0.2) is 5.17 Å². The van der Waals surface area contributed by atoms with Gasteiger partial charge in [-0.1, -0.05) is 78.5 Å². The quantitative estimate of drug-likeness (QED) is 0.255. The van der Waals surface area contributed by atoms with Crippen LogP contribution in [0.4, 0.5) is 0 Å². The van der Waals surface area contributed by atoms with Gasteiger partial charge in [0.2, 0.25) is 0 Å². The number of thioether (sulfide) groups is 2. The summed E-state index contributed by atoms with van der Waals surface area (Å²) >= 11 is 3.22. The molecule has 0 aliphatic heterocycles. The molecule has 27 heavy (non-hydrogen) atoms. The van der Waals surface area contributed by atoms with E-state index in [0.29, 0.717) is 5.17 Å². The van der Waals surface area contributed by atoms with Crippen LogP contribution in [0.3, 0.4) is 0 Å². The molecular weight excluding hydrogens is 370 g/mol. The second kappa shape index (κ2) is 10.00. The van der Waals surface area contributed by atoms with Crippen LogP contribution in [0.15, 0.2) is 94.0 Å². The van der Waals surface area contributed by atoms with Gasteiger partial charge >= 0.3 is 0 Å². The lowest BCUT2D eigenvalue weighted by Crippen LogP contribution is -2.06. The van der Waals surface area contributed by atoms with E-state index in [4.69, 9.17) is 5.73 Å². The van der Waals surface area contributed by atoms with Gasteiger partial charge in [0.05, 0.1) is 6.21 Å². The van der Waals surface area contributed by atoms with Crippen molar-refractivity contribution in [3.8, 4) is 11.1 Å². The molecule has 0 saturated heterocycles. The third-order valence-electron chi connectivity index (χ3n) is 3.94. The Morgan fingerprint density at radius 1 is 0.926 bits per heavy atom. The number of benzene rings is 3. The molecule has 0 aliphatic carbocycles. The van der Waals surface area contributed by atoms with Gasteiger partial charge in [0.25, 0.3) is 0 Å². The standard InChI is InChI=1S/C22H21N3S2/c1-26-20-13-11-18(12-14-20)21-10-6-5-9-19(21)15-24-25-22(23)27-16-17-7-3-2-4-8-17/h2-15H,16H2,1H3,(H2,23,25). The molecule has 0 heterocycles. The van der Waals surface area contributed by atoms with E-state index in [1.54, 1.807) is 18.0 Å². The first-order valence-electron chi connectivity index (χ1n) is 8.53. The highest BCUT2D eigenvalue weighted by Crippen LogP contribution is 2.25. The van der Waals surface area contributed by atoms with Crippen molar-refractivity contribution in [2.24, 2.45) is 15.9 Å². The van der Waals surface area contributed by atoms with E-state index in [2.05, 4.69) is 58.9 Å². The van der Waals surface area contributed by atoms with Crippen LogP contribution in [0, 0.1) is 0 Å². The molecule has 136 valence electrons. The molecule has 3 aromatic rings. The number of rotatable bonds is 6. The summed E-state index contributed by atoms with van der Waals surface area (Å²) < 4.78 is 0. The summed E-state index contributed by atoms with van der Waals surface area (Å²) in [6.45, 7) is 0. The van der Waals surface area contributed by atoms with Gasteiger partial charge in [0, 0.05) is 16.2 Å². The van der Waals surface area contributed by atoms with Crippen molar-refractivity contribution in [3.05, 3.63) is 90.0 Å². The average Bonchev–Trinajstić information content (AvgIpc) is 2.73. The van der Waals surface area contributed by atoms with E-state index >= 15 is 0 Å². The molecule has 0 aliphatic rings. The van der Waals surface area contributed by atoms with Crippen LogP contribution >= 0.6 is 23.5 Å². The highest BCUT2D eigenvalue weighted by Gasteiger charge is 2.03. The van der Waals surface area contributed by atoms with Crippen molar-refractivity contribution in [1.82, 2.24) is 0 Å². The van der Waals surface area contributed by atoms with Crippen LogP contribution in [0.5, 0.6) is 0 Å². The van der Waals surface area contributed by atoms with E-state index in [-0.39, 0.29) is 0 Å². The fraction of sp³-hybridized carbons (Fsp3) is 0.0909. The maximum absolute atomic E-state index is 5.96. The minimum absolute atomic E-state index is 0.455. The summed E-state index contributed by atoms with van der Waals surface area (Å²) in [6.07, 6.45) is 3.83. The first-order valence-corrected chi connectivity index (χ1v) is 10.7. The fourth-order valence-corrected chi connectivity index (χ4v) is 3.57. The number of hydrogen-bond donors (Lipinski definition) is 1. The Labute approximate surface area is 168 Å². The summed E-state index contributed by atoms with van der Waals surface area (Å²) in [6, 6.07) is 26.9. The molecule has 5 heteroatoms. The second-order valence-electron chi connectivity index (χ2n) is 5.77. The predicted molar refractivity (Wildman–Crippen MR) is 121 cm³/mol. The highest BCUT2D eigenvalue weighted by molar-refractivity contribution is 8.13. The van der Waals surface area contributed by atoms with Gasteiger partial charge in [-0.05, 0) is 35.1 Å². The lowest BCUT2D eigenvalue weighted by atomic mass is 10.0. The molecule has 0 atom stereocenters. The minimum atomic E-state index is 0.455. The van der Waals surface area contributed by atoms with Gasteiger partial charge in [-0.15, -0.1) is 16.9 Å². The molecule has 0 saturated carbocycles. The van der Waals surface area contributed by atoms with Crippen LogP contribution in [0.2, 0.25) is 0 Å². The first-order chi connectivity index (χ1) is 13.3. The van der Waals surface area contributed by atoms with Crippen LogP contribution in [-0.4, -0.2) is 17.6 Å². The molecule has 2 N–H and O–H groups in total. The summed E-state index contributed by atoms with van der Waals surface area (Å²) in [5.41, 5.74) is 10.5. The molecule has 3 nitrogen and oxygen atoms in total. The number of amidine groups is 1. The molecule has 0 radical (unpaired) electrons. The first kappa shape index (κ1) is 19.3. The van der Waals surface area contributed by atoms with Gasteiger partial charge in [-0.2, -0.15) is 5.10 Å². The number of nitrogens with two attached hydrogens (primary N) is 1.